The van der Waals surface area contributed by atoms with Gasteiger partial charge in [-0.25, -0.2) is 0 Å². The Labute approximate surface area is 138 Å². The predicted molar refractivity (Wildman–Crippen MR) is 94.6 cm³/mol. The van der Waals surface area contributed by atoms with Crippen LogP contribution in [0.2, 0.25) is 0 Å². The zero-order chi connectivity index (χ0) is 16.3. The number of benzene rings is 2. The Balaban J connectivity index is 1.93. The fourth-order valence-electron chi connectivity index (χ4n) is 2.49. The van der Waals surface area contributed by atoms with Crippen molar-refractivity contribution in [2.24, 2.45) is 0 Å². The quantitative estimate of drug-likeness (QED) is 0.523. The van der Waals surface area contributed by atoms with Crippen molar-refractivity contribution in [3.63, 3.8) is 0 Å². The summed E-state index contributed by atoms with van der Waals surface area (Å²) in [5, 5.41) is 13.0. The van der Waals surface area contributed by atoms with Crippen molar-refractivity contribution in [1.82, 2.24) is 5.32 Å². The summed E-state index contributed by atoms with van der Waals surface area (Å²) in [5.41, 5.74) is 2.44. The van der Waals surface area contributed by atoms with Crippen LogP contribution in [0.5, 0.6) is 0 Å². The first-order chi connectivity index (χ1) is 11.3. The summed E-state index contributed by atoms with van der Waals surface area (Å²) in [6.45, 7) is 5.70. The maximum atomic E-state index is 9.91. The Bertz CT molecular complexity index is 517. The lowest BCUT2D eigenvalue weighted by molar-refractivity contribution is 0.0345. The molecule has 2 rings (SSSR count). The van der Waals surface area contributed by atoms with E-state index in [0.29, 0.717) is 26.3 Å². The van der Waals surface area contributed by atoms with Gasteiger partial charge in [-0.2, -0.15) is 0 Å². The maximum absolute atomic E-state index is 9.91. The van der Waals surface area contributed by atoms with E-state index < -0.39 is 6.10 Å². The van der Waals surface area contributed by atoms with Crippen LogP contribution in [-0.2, 0) is 4.74 Å². The number of hydrogen-bond acceptors (Lipinski definition) is 3. The van der Waals surface area contributed by atoms with Gasteiger partial charge < -0.3 is 15.2 Å². The molecule has 3 heteroatoms. The lowest BCUT2D eigenvalue weighted by atomic mass is 9.92. The van der Waals surface area contributed by atoms with E-state index in [9.17, 15) is 5.11 Å². The maximum Gasteiger partial charge on any atom is 0.0897 e. The largest absolute Gasteiger partial charge is 0.389 e. The molecule has 1 atom stereocenters. The molecule has 0 spiro atoms. The number of hydrogen-bond donors (Lipinski definition) is 2. The highest BCUT2D eigenvalue weighted by Crippen LogP contribution is 2.24. The van der Waals surface area contributed by atoms with Crippen LogP contribution in [0.15, 0.2) is 73.3 Å². The smallest absolute Gasteiger partial charge is 0.0897 e. The Morgan fingerprint density at radius 2 is 1.52 bits per heavy atom. The summed E-state index contributed by atoms with van der Waals surface area (Å²) in [6, 6.07) is 20.7. The molecule has 0 saturated carbocycles. The van der Waals surface area contributed by atoms with Crippen LogP contribution >= 0.6 is 0 Å². The summed E-state index contributed by atoms with van der Waals surface area (Å²) >= 11 is 0. The summed E-state index contributed by atoms with van der Waals surface area (Å²) in [5.74, 6) is 0.172. The number of aliphatic hydroxyl groups is 1. The van der Waals surface area contributed by atoms with Crippen molar-refractivity contribution in [2.75, 3.05) is 26.3 Å². The molecule has 0 radical (unpaired) electrons. The van der Waals surface area contributed by atoms with Crippen LogP contribution in [-0.4, -0.2) is 37.5 Å². The number of ether oxygens (including phenoxy) is 1. The molecule has 0 saturated heterocycles. The molecule has 0 amide bonds. The van der Waals surface area contributed by atoms with Gasteiger partial charge in [0, 0.05) is 19.0 Å². The van der Waals surface area contributed by atoms with Gasteiger partial charge in [0.05, 0.1) is 19.3 Å². The topological polar surface area (TPSA) is 41.5 Å². The van der Waals surface area contributed by atoms with Gasteiger partial charge in [0.25, 0.3) is 0 Å². The third-order valence-corrected chi connectivity index (χ3v) is 3.67. The van der Waals surface area contributed by atoms with Crippen molar-refractivity contribution < 1.29 is 9.84 Å². The lowest BCUT2D eigenvalue weighted by Crippen LogP contribution is -2.31. The van der Waals surface area contributed by atoms with Gasteiger partial charge in [0.15, 0.2) is 0 Å². The average molecular weight is 311 g/mol. The normalized spacial score (nSPS) is 12.3. The molecule has 0 aliphatic rings. The molecule has 2 aromatic carbocycles. The molecule has 0 heterocycles. The van der Waals surface area contributed by atoms with Crippen LogP contribution in [0, 0.1) is 0 Å². The minimum Gasteiger partial charge on any atom is -0.389 e. The predicted octanol–water partition coefficient (Wildman–Crippen LogP) is 2.97. The Hall–Kier alpha value is -1.94. The number of rotatable bonds is 10. The van der Waals surface area contributed by atoms with E-state index in [0.717, 1.165) is 0 Å². The highest BCUT2D eigenvalue weighted by molar-refractivity contribution is 5.32. The molecule has 0 unspecified atom stereocenters. The molecule has 3 nitrogen and oxygen atoms in total. The summed E-state index contributed by atoms with van der Waals surface area (Å²) < 4.78 is 5.78. The van der Waals surface area contributed by atoms with E-state index in [-0.39, 0.29) is 5.92 Å². The molecular formula is C20H25NO2. The monoisotopic (exact) mass is 311 g/mol. The van der Waals surface area contributed by atoms with Crippen LogP contribution in [0.4, 0.5) is 0 Å². The van der Waals surface area contributed by atoms with Gasteiger partial charge in [0.2, 0.25) is 0 Å². The first-order valence-corrected chi connectivity index (χ1v) is 7.98. The standard InChI is InChI=1S/C20H25NO2/c1-2-13-21-14-19(22)15-23-16-20(17-9-5-3-6-10-17)18-11-7-4-8-12-18/h2-12,19-22H,1,13-16H2/t19-/m0/s1. The Kier molecular flexibility index (Phi) is 7.54. The molecular weight excluding hydrogens is 286 g/mol. The van der Waals surface area contributed by atoms with Gasteiger partial charge in [-0.3, -0.25) is 0 Å². The second-order valence-electron chi connectivity index (χ2n) is 5.51. The molecule has 0 aliphatic heterocycles. The minimum atomic E-state index is -0.512. The second kappa shape index (κ2) is 9.95. The van der Waals surface area contributed by atoms with Crippen LogP contribution in [0.3, 0.4) is 0 Å². The zero-order valence-electron chi connectivity index (χ0n) is 13.4. The van der Waals surface area contributed by atoms with Crippen molar-refractivity contribution >= 4 is 0 Å². The van der Waals surface area contributed by atoms with E-state index in [2.05, 4.69) is 36.2 Å². The third-order valence-electron chi connectivity index (χ3n) is 3.67. The molecule has 0 fully saturated rings. The van der Waals surface area contributed by atoms with Gasteiger partial charge in [-0.1, -0.05) is 66.7 Å². The first-order valence-electron chi connectivity index (χ1n) is 7.98. The molecule has 0 bridgehead atoms. The van der Waals surface area contributed by atoms with Gasteiger partial charge in [0.1, 0.15) is 0 Å². The van der Waals surface area contributed by atoms with E-state index in [4.69, 9.17) is 4.74 Å². The summed E-state index contributed by atoms with van der Waals surface area (Å²) in [6.07, 6.45) is 1.26. The zero-order valence-corrected chi connectivity index (χ0v) is 13.4. The van der Waals surface area contributed by atoms with E-state index in [1.54, 1.807) is 6.08 Å². The van der Waals surface area contributed by atoms with Crippen molar-refractivity contribution in [1.29, 1.82) is 0 Å². The third kappa shape index (κ3) is 5.99. The molecule has 0 aromatic heterocycles. The minimum absolute atomic E-state index is 0.172. The highest BCUT2D eigenvalue weighted by atomic mass is 16.5. The molecule has 23 heavy (non-hydrogen) atoms. The van der Waals surface area contributed by atoms with Gasteiger partial charge >= 0.3 is 0 Å². The number of nitrogens with one attached hydrogen (secondary N) is 1. The molecule has 0 aliphatic carbocycles. The van der Waals surface area contributed by atoms with E-state index in [1.807, 2.05) is 36.4 Å². The van der Waals surface area contributed by atoms with E-state index in [1.165, 1.54) is 11.1 Å². The Morgan fingerprint density at radius 1 is 0.957 bits per heavy atom. The average Bonchev–Trinajstić information content (AvgIpc) is 2.60. The molecule has 122 valence electrons. The van der Waals surface area contributed by atoms with Crippen molar-refractivity contribution in [3.05, 3.63) is 84.4 Å². The number of aliphatic hydroxyl groups excluding tert-OH is 1. The second-order valence-corrected chi connectivity index (χ2v) is 5.51. The van der Waals surface area contributed by atoms with Crippen LogP contribution in [0.25, 0.3) is 0 Å². The molecule has 2 aromatic rings. The van der Waals surface area contributed by atoms with Gasteiger partial charge in [-0.15, -0.1) is 6.58 Å². The Morgan fingerprint density at radius 3 is 2.04 bits per heavy atom. The summed E-state index contributed by atoms with van der Waals surface area (Å²) in [7, 11) is 0. The van der Waals surface area contributed by atoms with Crippen LogP contribution < -0.4 is 5.32 Å². The fraction of sp³-hybridized carbons (Fsp3) is 0.300. The highest BCUT2D eigenvalue weighted by Gasteiger charge is 2.15. The van der Waals surface area contributed by atoms with Crippen LogP contribution in [0.1, 0.15) is 17.0 Å². The summed E-state index contributed by atoms with van der Waals surface area (Å²) in [4.78, 5) is 0. The SMILES string of the molecule is C=CCNC[C@H](O)COCC(c1ccccc1)c1ccccc1. The van der Waals surface area contributed by atoms with Crippen molar-refractivity contribution in [3.8, 4) is 0 Å². The fourth-order valence-corrected chi connectivity index (χ4v) is 2.49. The van der Waals surface area contributed by atoms with Crippen molar-refractivity contribution in [2.45, 2.75) is 12.0 Å². The lowest BCUT2D eigenvalue weighted by Gasteiger charge is -2.19. The first kappa shape index (κ1) is 17.4. The van der Waals surface area contributed by atoms with Gasteiger partial charge in [-0.05, 0) is 11.1 Å². The van der Waals surface area contributed by atoms with E-state index >= 15 is 0 Å². The molecule has 2 N–H and O–H groups in total.